The topological polar surface area (TPSA) is 54.9 Å². The molecule has 4 nitrogen and oxygen atoms in total. The van der Waals surface area contributed by atoms with Crippen molar-refractivity contribution in [3.05, 3.63) is 58.5 Å². The molecule has 0 spiro atoms. The Hall–Kier alpha value is -2.41. The summed E-state index contributed by atoms with van der Waals surface area (Å²) in [5, 5.41) is 3.26. The van der Waals surface area contributed by atoms with Crippen molar-refractivity contribution in [1.29, 1.82) is 0 Å². The number of hydrogen-bond acceptors (Lipinski definition) is 5. The van der Waals surface area contributed by atoms with Crippen molar-refractivity contribution in [2.24, 2.45) is 0 Å². The maximum atomic E-state index is 13.5. The van der Waals surface area contributed by atoms with Gasteiger partial charge in [0, 0.05) is 12.3 Å². The van der Waals surface area contributed by atoms with Crippen LogP contribution in [0.2, 0.25) is 0 Å². The minimum Gasteiger partial charge on any atom is -0.329 e. The van der Waals surface area contributed by atoms with Gasteiger partial charge >= 0.3 is 0 Å². The van der Waals surface area contributed by atoms with Crippen molar-refractivity contribution >= 4 is 32.4 Å². The second kappa shape index (κ2) is 4.93. The van der Waals surface area contributed by atoms with Crippen LogP contribution in [0.15, 0.2) is 41.3 Å². The molecule has 0 saturated carbocycles. The number of anilines is 2. The first-order valence-corrected chi connectivity index (χ1v) is 6.43. The number of hydrogen-bond donors (Lipinski definition) is 1. The third-order valence-electron chi connectivity index (χ3n) is 2.57. The summed E-state index contributed by atoms with van der Waals surface area (Å²) in [6.45, 7) is 0. The molecule has 7 heteroatoms. The van der Waals surface area contributed by atoms with Crippen LogP contribution in [0.5, 0.6) is 0 Å². The standard InChI is InChI=1S/C13H7F2N3OS/c14-7-3-4-10(9(15)6-7)17-13-18-11(19)8-2-1-5-16-12(8)20-13/h1-6H,(H,17,18,19). The lowest BCUT2D eigenvalue weighted by Gasteiger charge is -2.06. The molecule has 0 bridgehead atoms. The van der Waals surface area contributed by atoms with E-state index in [1.165, 1.54) is 6.07 Å². The molecule has 2 aromatic heterocycles. The molecule has 0 aliphatic heterocycles. The van der Waals surface area contributed by atoms with Crippen LogP contribution in [0.4, 0.5) is 19.6 Å². The molecular formula is C13H7F2N3OS. The lowest BCUT2D eigenvalue weighted by atomic mass is 10.3. The minimum absolute atomic E-state index is 0.0461. The lowest BCUT2D eigenvalue weighted by Crippen LogP contribution is -2.08. The second-order valence-electron chi connectivity index (χ2n) is 3.93. The smallest absolute Gasteiger partial charge is 0.282 e. The molecular weight excluding hydrogens is 284 g/mol. The second-order valence-corrected chi connectivity index (χ2v) is 4.91. The molecule has 0 aliphatic carbocycles. The number of nitrogens with zero attached hydrogens (tertiary/aromatic N) is 2. The van der Waals surface area contributed by atoms with Crippen molar-refractivity contribution in [3.8, 4) is 0 Å². The zero-order valence-corrected chi connectivity index (χ0v) is 10.7. The van der Waals surface area contributed by atoms with Crippen molar-refractivity contribution in [2.45, 2.75) is 0 Å². The Morgan fingerprint density at radius 3 is 2.85 bits per heavy atom. The highest BCUT2D eigenvalue weighted by atomic mass is 32.1. The Kier molecular flexibility index (Phi) is 3.11. The van der Waals surface area contributed by atoms with E-state index in [1.54, 1.807) is 18.3 Å². The van der Waals surface area contributed by atoms with Gasteiger partial charge in [-0.15, -0.1) is 0 Å². The number of nitrogens with one attached hydrogen (secondary N) is 1. The quantitative estimate of drug-likeness (QED) is 0.788. The van der Waals surface area contributed by atoms with Crippen LogP contribution in [0, 0.1) is 11.6 Å². The van der Waals surface area contributed by atoms with Gasteiger partial charge in [-0.1, -0.05) is 11.3 Å². The third kappa shape index (κ3) is 2.35. The highest BCUT2D eigenvalue weighted by molar-refractivity contribution is 7.21. The number of fused-ring (bicyclic) bond motifs is 1. The minimum atomic E-state index is -0.757. The molecule has 0 aliphatic rings. The Labute approximate surface area is 115 Å². The maximum Gasteiger partial charge on any atom is 0.282 e. The van der Waals surface area contributed by atoms with E-state index in [0.29, 0.717) is 10.2 Å². The maximum absolute atomic E-state index is 13.5. The van der Waals surface area contributed by atoms with Gasteiger partial charge in [-0.2, -0.15) is 4.98 Å². The molecule has 1 N–H and O–H groups in total. The first kappa shape index (κ1) is 12.6. The van der Waals surface area contributed by atoms with E-state index in [0.717, 1.165) is 23.5 Å². The van der Waals surface area contributed by atoms with Crippen LogP contribution < -0.4 is 10.9 Å². The summed E-state index contributed by atoms with van der Waals surface area (Å²) >= 11 is 1.12. The zero-order valence-electron chi connectivity index (χ0n) is 9.93. The van der Waals surface area contributed by atoms with Crippen LogP contribution in [0.3, 0.4) is 0 Å². The van der Waals surface area contributed by atoms with E-state index in [1.807, 2.05) is 0 Å². The Balaban J connectivity index is 2.05. The molecule has 0 atom stereocenters. The molecule has 2 heterocycles. The molecule has 0 fully saturated rings. The van der Waals surface area contributed by atoms with Crippen molar-refractivity contribution in [3.63, 3.8) is 0 Å². The SMILES string of the molecule is O=c1nc(Nc2ccc(F)cc2F)sc2ncccc12. The largest absolute Gasteiger partial charge is 0.329 e. The number of benzene rings is 1. The first-order valence-electron chi connectivity index (χ1n) is 5.61. The average molecular weight is 291 g/mol. The van der Waals surface area contributed by atoms with Gasteiger partial charge < -0.3 is 5.32 Å². The summed E-state index contributed by atoms with van der Waals surface area (Å²) in [6.07, 6.45) is 1.56. The summed E-state index contributed by atoms with van der Waals surface area (Å²) in [5.74, 6) is -1.43. The van der Waals surface area contributed by atoms with E-state index >= 15 is 0 Å². The Morgan fingerprint density at radius 1 is 1.20 bits per heavy atom. The highest BCUT2D eigenvalue weighted by Crippen LogP contribution is 2.24. The monoisotopic (exact) mass is 291 g/mol. The van der Waals surface area contributed by atoms with Gasteiger partial charge in [0.2, 0.25) is 0 Å². The van der Waals surface area contributed by atoms with Crippen LogP contribution in [0.25, 0.3) is 10.2 Å². The Bertz CT molecular complexity index is 850. The molecule has 1 aromatic carbocycles. The van der Waals surface area contributed by atoms with Gasteiger partial charge in [-0.3, -0.25) is 4.79 Å². The van der Waals surface area contributed by atoms with Gasteiger partial charge in [0.25, 0.3) is 5.56 Å². The van der Waals surface area contributed by atoms with E-state index in [-0.39, 0.29) is 10.8 Å². The predicted molar refractivity (Wildman–Crippen MR) is 73.3 cm³/mol. The fourth-order valence-corrected chi connectivity index (χ4v) is 2.51. The van der Waals surface area contributed by atoms with Gasteiger partial charge in [-0.25, -0.2) is 13.8 Å². The summed E-state index contributed by atoms with van der Waals surface area (Å²) in [5.41, 5.74) is -0.401. The number of rotatable bonds is 2. The molecule has 0 radical (unpaired) electrons. The van der Waals surface area contributed by atoms with Crippen LogP contribution >= 0.6 is 11.3 Å². The lowest BCUT2D eigenvalue weighted by molar-refractivity contribution is 0.586. The van der Waals surface area contributed by atoms with Crippen molar-refractivity contribution in [2.75, 3.05) is 5.32 Å². The predicted octanol–water partition coefficient (Wildman–Crippen LogP) is 3.07. The highest BCUT2D eigenvalue weighted by Gasteiger charge is 2.08. The molecule has 3 rings (SSSR count). The van der Waals surface area contributed by atoms with E-state index in [4.69, 9.17) is 0 Å². The number of pyridine rings is 1. The van der Waals surface area contributed by atoms with E-state index < -0.39 is 17.2 Å². The van der Waals surface area contributed by atoms with Gasteiger partial charge in [0.15, 0.2) is 5.13 Å². The van der Waals surface area contributed by atoms with Crippen LogP contribution in [0.1, 0.15) is 0 Å². The van der Waals surface area contributed by atoms with Crippen molar-refractivity contribution in [1.82, 2.24) is 9.97 Å². The van der Waals surface area contributed by atoms with E-state index in [9.17, 15) is 13.6 Å². The first-order chi connectivity index (χ1) is 9.63. The van der Waals surface area contributed by atoms with Gasteiger partial charge in [0.05, 0.1) is 11.1 Å². The number of aromatic nitrogens is 2. The summed E-state index contributed by atoms with van der Waals surface area (Å²) < 4.78 is 26.3. The normalized spacial score (nSPS) is 10.7. The van der Waals surface area contributed by atoms with Crippen molar-refractivity contribution < 1.29 is 8.78 Å². The average Bonchev–Trinajstić information content (AvgIpc) is 2.42. The van der Waals surface area contributed by atoms with Gasteiger partial charge in [0.1, 0.15) is 16.5 Å². The molecule has 0 unspecified atom stereocenters. The van der Waals surface area contributed by atoms with Crippen LogP contribution in [-0.4, -0.2) is 9.97 Å². The zero-order chi connectivity index (χ0) is 14.1. The summed E-state index contributed by atoms with van der Waals surface area (Å²) in [4.78, 5) is 20.2. The molecule has 20 heavy (non-hydrogen) atoms. The summed E-state index contributed by atoms with van der Waals surface area (Å²) in [6, 6.07) is 6.38. The fraction of sp³-hybridized carbons (Fsp3) is 0. The number of halogens is 2. The molecule has 100 valence electrons. The third-order valence-corrected chi connectivity index (χ3v) is 3.48. The fourth-order valence-electron chi connectivity index (χ4n) is 1.66. The van der Waals surface area contributed by atoms with E-state index in [2.05, 4.69) is 15.3 Å². The molecule has 0 amide bonds. The van der Waals surface area contributed by atoms with Crippen LogP contribution in [-0.2, 0) is 0 Å². The summed E-state index contributed by atoms with van der Waals surface area (Å²) in [7, 11) is 0. The Morgan fingerprint density at radius 2 is 2.05 bits per heavy atom. The van der Waals surface area contributed by atoms with Gasteiger partial charge in [-0.05, 0) is 24.3 Å². The molecule has 3 aromatic rings. The molecule has 0 saturated heterocycles.